The fraction of sp³-hybridized carbons (Fsp3) is 0.700. The Morgan fingerprint density at radius 1 is 1.33 bits per heavy atom. The Bertz CT molecular complexity index is 194. The lowest BCUT2D eigenvalue weighted by Crippen LogP contribution is -2.23. The second-order valence-corrected chi connectivity index (χ2v) is 3.53. The van der Waals surface area contributed by atoms with Crippen LogP contribution in [-0.4, -0.2) is 24.9 Å². The van der Waals surface area contributed by atoms with Crippen LogP contribution < -0.4 is 0 Å². The average Bonchev–Trinajstić information content (AvgIpc) is 2.30. The predicted molar refractivity (Wildman–Crippen MR) is 49.9 cm³/mol. The summed E-state index contributed by atoms with van der Waals surface area (Å²) < 4.78 is 0. The Morgan fingerprint density at radius 2 is 2.08 bits per heavy atom. The quantitative estimate of drug-likeness (QED) is 0.584. The number of hydrogen-bond donors (Lipinski definition) is 0. The molecule has 1 rings (SSSR count). The Kier molecular flexibility index (Phi) is 3.32. The summed E-state index contributed by atoms with van der Waals surface area (Å²) in [6, 6.07) is 0. The molecule has 2 nitrogen and oxygen atoms in total. The highest BCUT2D eigenvalue weighted by Gasteiger charge is 2.12. The maximum absolute atomic E-state index is 11.5. The van der Waals surface area contributed by atoms with E-state index in [-0.39, 0.29) is 5.91 Å². The van der Waals surface area contributed by atoms with Gasteiger partial charge in [-0.05, 0) is 25.7 Å². The Labute approximate surface area is 74.2 Å². The van der Waals surface area contributed by atoms with Gasteiger partial charge in [-0.15, -0.1) is 0 Å². The van der Waals surface area contributed by atoms with Gasteiger partial charge in [0, 0.05) is 19.7 Å². The molecule has 0 fully saturated rings. The highest BCUT2D eigenvalue weighted by atomic mass is 16.2. The molecule has 0 aliphatic heterocycles. The number of rotatable bonds is 1. The van der Waals surface area contributed by atoms with E-state index in [1.807, 2.05) is 14.1 Å². The summed E-state index contributed by atoms with van der Waals surface area (Å²) in [6.07, 6.45) is 7.83. The summed E-state index contributed by atoms with van der Waals surface area (Å²) in [5.41, 5.74) is 1.01. The van der Waals surface area contributed by atoms with Crippen molar-refractivity contribution >= 4 is 5.91 Å². The molecule has 0 N–H and O–H groups in total. The van der Waals surface area contributed by atoms with Gasteiger partial charge >= 0.3 is 0 Å². The first-order valence-corrected chi connectivity index (χ1v) is 4.62. The summed E-state index contributed by atoms with van der Waals surface area (Å²) in [6.45, 7) is 0. The van der Waals surface area contributed by atoms with E-state index >= 15 is 0 Å². The van der Waals surface area contributed by atoms with E-state index in [1.165, 1.54) is 19.3 Å². The van der Waals surface area contributed by atoms with Gasteiger partial charge in [-0.25, -0.2) is 0 Å². The lowest BCUT2D eigenvalue weighted by atomic mass is 10.1. The molecule has 68 valence electrons. The van der Waals surface area contributed by atoms with Gasteiger partial charge in [-0.2, -0.15) is 0 Å². The maximum atomic E-state index is 11.5. The largest absolute Gasteiger partial charge is 0.345 e. The number of amides is 1. The molecule has 0 aromatic carbocycles. The topological polar surface area (TPSA) is 20.3 Å². The highest BCUT2D eigenvalue weighted by molar-refractivity contribution is 5.93. The van der Waals surface area contributed by atoms with Gasteiger partial charge in [-0.3, -0.25) is 4.79 Å². The molecule has 12 heavy (non-hydrogen) atoms. The van der Waals surface area contributed by atoms with Gasteiger partial charge in [-0.1, -0.05) is 12.5 Å². The number of carbonyl (C=O) groups excluding carboxylic acids is 1. The van der Waals surface area contributed by atoms with Gasteiger partial charge in [0.05, 0.1) is 0 Å². The minimum absolute atomic E-state index is 0.192. The lowest BCUT2D eigenvalue weighted by molar-refractivity contribution is -0.124. The molecular weight excluding hydrogens is 150 g/mol. The zero-order valence-corrected chi connectivity index (χ0v) is 7.97. The third-order valence-corrected chi connectivity index (χ3v) is 2.22. The van der Waals surface area contributed by atoms with Crippen molar-refractivity contribution in [3.8, 4) is 0 Å². The zero-order valence-electron chi connectivity index (χ0n) is 7.97. The molecule has 0 heterocycles. The van der Waals surface area contributed by atoms with E-state index in [0.717, 1.165) is 18.4 Å². The first-order valence-electron chi connectivity index (χ1n) is 4.62. The van der Waals surface area contributed by atoms with Crippen LogP contribution in [0.15, 0.2) is 11.6 Å². The van der Waals surface area contributed by atoms with Crippen molar-refractivity contribution in [1.82, 2.24) is 4.90 Å². The van der Waals surface area contributed by atoms with Crippen LogP contribution in [-0.2, 0) is 4.79 Å². The molecule has 0 bridgehead atoms. The van der Waals surface area contributed by atoms with Crippen LogP contribution in [0.5, 0.6) is 0 Å². The predicted octanol–water partition coefficient (Wildman–Crippen LogP) is 1.97. The fourth-order valence-corrected chi connectivity index (χ4v) is 1.50. The molecule has 1 aliphatic rings. The van der Waals surface area contributed by atoms with Crippen LogP contribution in [0.4, 0.5) is 0 Å². The summed E-state index contributed by atoms with van der Waals surface area (Å²) in [7, 11) is 3.63. The zero-order chi connectivity index (χ0) is 8.97. The van der Waals surface area contributed by atoms with Gasteiger partial charge in [0.25, 0.3) is 0 Å². The van der Waals surface area contributed by atoms with E-state index in [1.54, 1.807) is 4.90 Å². The number of nitrogens with zero attached hydrogens (tertiary/aromatic N) is 1. The van der Waals surface area contributed by atoms with Crippen molar-refractivity contribution < 1.29 is 4.79 Å². The van der Waals surface area contributed by atoms with Crippen molar-refractivity contribution in [2.24, 2.45) is 0 Å². The molecule has 0 spiro atoms. The minimum atomic E-state index is 0.192. The van der Waals surface area contributed by atoms with Gasteiger partial charge in [0.15, 0.2) is 0 Å². The molecule has 0 saturated heterocycles. The second-order valence-electron chi connectivity index (χ2n) is 3.53. The number of allylic oxidation sites excluding steroid dienone is 1. The van der Waals surface area contributed by atoms with E-state index < -0.39 is 0 Å². The van der Waals surface area contributed by atoms with E-state index in [0.29, 0.717) is 0 Å². The third kappa shape index (κ3) is 2.36. The monoisotopic (exact) mass is 167 g/mol. The molecule has 0 saturated carbocycles. The Balaban J connectivity index is 2.59. The van der Waals surface area contributed by atoms with Gasteiger partial charge < -0.3 is 4.90 Å². The molecule has 0 aromatic heterocycles. The molecule has 0 radical (unpaired) electrons. The van der Waals surface area contributed by atoms with Gasteiger partial charge in [0.2, 0.25) is 5.91 Å². The maximum Gasteiger partial charge on any atom is 0.248 e. The van der Waals surface area contributed by atoms with Crippen LogP contribution >= 0.6 is 0 Å². The summed E-state index contributed by atoms with van der Waals surface area (Å²) in [4.78, 5) is 13.2. The van der Waals surface area contributed by atoms with Gasteiger partial charge in [0.1, 0.15) is 0 Å². The highest BCUT2D eigenvalue weighted by Crippen LogP contribution is 2.17. The molecule has 0 unspecified atom stereocenters. The van der Waals surface area contributed by atoms with Crippen LogP contribution in [0.2, 0.25) is 0 Å². The van der Waals surface area contributed by atoms with E-state index in [4.69, 9.17) is 0 Å². The van der Waals surface area contributed by atoms with E-state index in [9.17, 15) is 4.79 Å². The van der Waals surface area contributed by atoms with Crippen molar-refractivity contribution in [2.45, 2.75) is 32.1 Å². The number of carbonyl (C=O) groups is 1. The SMILES string of the molecule is CN(C)C(=O)C1=CCCCCC1. The Hall–Kier alpha value is -0.790. The molecular formula is C10H17NO. The standard InChI is InChI=1S/C10H17NO/c1-11(2)10(12)9-7-5-3-4-6-8-9/h7H,3-6,8H2,1-2H3. The van der Waals surface area contributed by atoms with Crippen molar-refractivity contribution in [1.29, 1.82) is 0 Å². The smallest absolute Gasteiger partial charge is 0.248 e. The van der Waals surface area contributed by atoms with Crippen molar-refractivity contribution in [2.75, 3.05) is 14.1 Å². The number of hydrogen-bond acceptors (Lipinski definition) is 1. The van der Waals surface area contributed by atoms with Crippen molar-refractivity contribution in [3.63, 3.8) is 0 Å². The fourth-order valence-electron chi connectivity index (χ4n) is 1.50. The summed E-state index contributed by atoms with van der Waals surface area (Å²) in [5.74, 6) is 0.192. The molecule has 2 heteroatoms. The van der Waals surface area contributed by atoms with Crippen molar-refractivity contribution in [3.05, 3.63) is 11.6 Å². The summed E-state index contributed by atoms with van der Waals surface area (Å²) >= 11 is 0. The second kappa shape index (κ2) is 4.29. The normalized spacial score (nSPS) is 18.0. The first-order chi connectivity index (χ1) is 5.72. The first kappa shape index (κ1) is 9.30. The molecule has 1 amide bonds. The third-order valence-electron chi connectivity index (χ3n) is 2.22. The number of likely N-dealkylation sites (N-methyl/N-ethyl adjacent to an activating group) is 1. The molecule has 0 atom stereocenters. The van der Waals surface area contributed by atoms with E-state index in [2.05, 4.69) is 6.08 Å². The molecule has 1 aliphatic carbocycles. The molecule has 0 aromatic rings. The van der Waals surface area contributed by atoms with Crippen LogP contribution in [0.3, 0.4) is 0 Å². The van der Waals surface area contributed by atoms with Crippen LogP contribution in [0.1, 0.15) is 32.1 Å². The lowest BCUT2D eigenvalue weighted by Gasteiger charge is -2.12. The average molecular weight is 167 g/mol. The van der Waals surface area contributed by atoms with Crippen LogP contribution in [0.25, 0.3) is 0 Å². The Morgan fingerprint density at radius 3 is 2.75 bits per heavy atom. The van der Waals surface area contributed by atoms with Crippen LogP contribution in [0, 0.1) is 0 Å². The minimum Gasteiger partial charge on any atom is -0.345 e. The summed E-state index contributed by atoms with van der Waals surface area (Å²) in [5, 5.41) is 0.